The molecule has 0 heterocycles. The maximum absolute atomic E-state index is 13.6. The van der Waals surface area contributed by atoms with Crippen LogP contribution in [0.3, 0.4) is 0 Å². The van der Waals surface area contributed by atoms with Gasteiger partial charge in [0, 0.05) is 10.8 Å². The first kappa shape index (κ1) is 26.6. The molecule has 5 heteroatoms. The second-order valence-corrected chi connectivity index (χ2v) is 11.0. The van der Waals surface area contributed by atoms with E-state index in [1.807, 2.05) is 36.4 Å². The molecule has 0 atom stereocenters. The highest BCUT2D eigenvalue weighted by Crippen LogP contribution is 2.20. The molecule has 0 spiro atoms. The standard InChI is InChI=1S/C28H38O4Si/c1-4-7-20-25(27(29)31-21-8-5-2)26(28(30)32-22-9-6-3)33(23-16-12-10-13-17-23)24-18-14-11-15-19-24/h10-19,33H,4-9,20-22H2,1-3H3/b26-25+. The lowest BCUT2D eigenvalue weighted by atomic mass is 10.1. The van der Waals surface area contributed by atoms with E-state index in [0.29, 0.717) is 30.4 Å². The first-order valence-electron chi connectivity index (χ1n) is 12.3. The molecule has 2 aromatic carbocycles. The Morgan fingerprint density at radius 2 is 1.12 bits per heavy atom. The molecule has 0 amide bonds. The number of benzene rings is 2. The fraction of sp³-hybridized carbons (Fsp3) is 0.429. The number of rotatable bonds is 14. The van der Waals surface area contributed by atoms with Crippen LogP contribution >= 0.6 is 0 Å². The van der Waals surface area contributed by atoms with Crippen molar-refractivity contribution in [2.24, 2.45) is 0 Å². The van der Waals surface area contributed by atoms with Crippen molar-refractivity contribution in [1.29, 1.82) is 0 Å². The first-order valence-corrected chi connectivity index (χ1v) is 14.0. The van der Waals surface area contributed by atoms with E-state index < -0.39 is 8.80 Å². The van der Waals surface area contributed by atoms with Gasteiger partial charge >= 0.3 is 11.9 Å². The van der Waals surface area contributed by atoms with Gasteiger partial charge in [-0.2, -0.15) is 0 Å². The molecule has 0 bridgehead atoms. The summed E-state index contributed by atoms with van der Waals surface area (Å²) >= 11 is 0. The highest BCUT2D eigenvalue weighted by molar-refractivity contribution is 6.94. The van der Waals surface area contributed by atoms with Crippen molar-refractivity contribution in [3.05, 3.63) is 71.4 Å². The van der Waals surface area contributed by atoms with Crippen LogP contribution in [0.1, 0.15) is 65.7 Å². The zero-order chi connectivity index (χ0) is 23.9. The molecule has 0 fully saturated rings. The van der Waals surface area contributed by atoms with Crippen molar-refractivity contribution in [1.82, 2.24) is 0 Å². The number of hydrogen-bond donors (Lipinski definition) is 0. The number of esters is 2. The molecular weight excluding hydrogens is 428 g/mol. The summed E-state index contributed by atoms with van der Waals surface area (Å²) in [4.78, 5) is 26.9. The van der Waals surface area contributed by atoms with Gasteiger partial charge in [0.2, 0.25) is 0 Å². The first-order chi connectivity index (χ1) is 16.1. The summed E-state index contributed by atoms with van der Waals surface area (Å²) in [5.74, 6) is -0.741. The molecule has 0 saturated carbocycles. The van der Waals surface area contributed by atoms with E-state index in [9.17, 15) is 9.59 Å². The summed E-state index contributed by atoms with van der Waals surface area (Å²) in [6.45, 7) is 6.93. The molecular formula is C28H38O4Si. The van der Waals surface area contributed by atoms with Gasteiger partial charge in [-0.25, -0.2) is 9.59 Å². The second kappa shape index (κ2) is 15.2. The molecule has 0 unspecified atom stereocenters. The zero-order valence-corrected chi connectivity index (χ0v) is 21.5. The van der Waals surface area contributed by atoms with Crippen LogP contribution < -0.4 is 10.4 Å². The van der Waals surface area contributed by atoms with E-state index in [1.165, 1.54) is 0 Å². The minimum absolute atomic E-state index is 0.357. The smallest absolute Gasteiger partial charge is 0.334 e. The highest BCUT2D eigenvalue weighted by Gasteiger charge is 2.33. The Bertz CT molecular complexity index is 838. The Hall–Kier alpha value is -2.66. The van der Waals surface area contributed by atoms with Crippen molar-refractivity contribution in [2.45, 2.75) is 65.7 Å². The van der Waals surface area contributed by atoms with E-state index >= 15 is 0 Å². The van der Waals surface area contributed by atoms with Gasteiger partial charge in [-0.3, -0.25) is 0 Å². The number of carbonyl (C=O) groups excluding carboxylic acids is 2. The lowest BCUT2D eigenvalue weighted by molar-refractivity contribution is -0.142. The predicted octanol–water partition coefficient (Wildman–Crippen LogP) is 4.74. The van der Waals surface area contributed by atoms with Gasteiger partial charge in [-0.15, -0.1) is 0 Å². The third kappa shape index (κ3) is 8.32. The zero-order valence-electron chi connectivity index (χ0n) is 20.3. The van der Waals surface area contributed by atoms with Crippen LogP contribution in [0.25, 0.3) is 0 Å². The third-order valence-corrected chi connectivity index (χ3v) is 8.85. The van der Waals surface area contributed by atoms with Gasteiger partial charge in [0.15, 0.2) is 0 Å². The summed E-state index contributed by atoms with van der Waals surface area (Å²) in [5, 5.41) is 2.71. The van der Waals surface area contributed by atoms with Crippen molar-refractivity contribution in [3.63, 3.8) is 0 Å². The normalized spacial score (nSPS) is 11.8. The number of ether oxygens (including phenoxy) is 2. The molecule has 0 saturated heterocycles. The van der Waals surface area contributed by atoms with E-state index in [-0.39, 0.29) is 11.9 Å². The fourth-order valence-corrected chi connectivity index (χ4v) is 6.91. The summed E-state index contributed by atoms with van der Waals surface area (Å²) in [6.07, 6.45) is 5.74. The lowest BCUT2D eigenvalue weighted by Gasteiger charge is -2.23. The van der Waals surface area contributed by atoms with Crippen LogP contribution in [-0.2, 0) is 19.1 Å². The summed E-state index contributed by atoms with van der Waals surface area (Å²) in [5.41, 5.74) is 0.499. The number of hydrogen-bond acceptors (Lipinski definition) is 4. The molecule has 0 radical (unpaired) electrons. The van der Waals surface area contributed by atoms with Crippen LogP contribution in [0.5, 0.6) is 0 Å². The molecule has 4 nitrogen and oxygen atoms in total. The average Bonchev–Trinajstić information content (AvgIpc) is 2.85. The van der Waals surface area contributed by atoms with Gasteiger partial charge < -0.3 is 9.47 Å². The second-order valence-electron chi connectivity index (χ2n) is 8.23. The summed E-state index contributed by atoms with van der Waals surface area (Å²) < 4.78 is 11.4. The van der Waals surface area contributed by atoms with Crippen molar-refractivity contribution in [2.75, 3.05) is 13.2 Å². The third-order valence-electron chi connectivity index (χ3n) is 5.59. The molecule has 2 rings (SSSR count). The molecule has 0 aliphatic heterocycles. The topological polar surface area (TPSA) is 52.6 Å². The Kier molecular flexibility index (Phi) is 12.3. The maximum atomic E-state index is 13.6. The van der Waals surface area contributed by atoms with Crippen LogP contribution in [0.15, 0.2) is 71.4 Å². The maximum Gasteiger partial charge on any atom is 0.334 e. The van der Waals surface area contributed by atoms with Gasteiger partial charge in [0.1, 0.15) is 8.80 Å². The van der Waals surface area contributed by atoms with Gasteiger partial charge in [0.05, 0.1) is 13.2 Å². The van der Waals surface area contributed by atoms with Crippen LogP contribution in [0.4, 0.5) is 0 Å². The molecule has 0 N–H and O–H groups in total. The van der Waals surface area contributed by atoms with Crippen LogP contribution in [0, 0.1) is 0 Å². The Labute approximate surface area is 200 Å². The Morgan fingerprint density at radius 3 is 1.58 bits per heavy atom. The van der Waals surface area contributed by atoms with Crippen molar-refractivity contribution >= 4 is 31.1 Å². The Morgan fingerprint density at radius 1 is 0.667 bits per heavy atom. The van der Waals surface area contributed by atoms with Crippen LogP contribution in [0.2, 0.25) is 0 Å². The van der Waals surface area contributed by atoms with Gasteiger partial charge in [-0.05, 0) is 25.7 Å². The van der Waals surface area contributed by atoms with E-state index in [4.69, 9.17) is 9.47 Å². The predicted molar refractivity (Wildman–Crippen MR) is 138 cm³/mol. The molecule has 178 valence electrons. The van der Waals surface area contributed by atoms with E-state index in [0.717, 1.165) is 48.9 Å². The van der Waals surface area contributed by atoms with Gasteiger partial charge in [0.25, 0.3) is 0 Å². The summed E-state index contributed by atoms with van der Waals surface area (Å²) in [6, 6.07) is 20.1. The quantitative estimate of drug-likeness (QED) is 0.175. The fourth-order valence-electron chi connectivity index (χ4n) is 3.72. The molecule has 2 aromatic rings. The molecule has 33 heavy (non-hydrogen) atoms. The number of unbranched alkanes of at least 4 members (excludes halogenated alkanes) is 3. The van der Waals surface area contributed by atoms with Crippen LogP contribution in [-0.4, -0.2) is 33.9 Å². The van der Waals surface area contributed by atoms with Gasteiger partial charge in [-0.1, -0.05) is 111 Å². The van der Waals surface area contributed by atoms with E-state index in [2.05, 4.69) is 45.0 Å². The minimum atomic E-state index is -2.27. The number of carbonyl (C=O) groups is 2. The lowest BCUT2D eigenvalue weighted by Crippen LogP contribution is -2.48. The highest BCUT2D eigenvalue weighted by atomic mass is 28.3. The molecule has 0 aromatic heterocycles. The SMILES string of the molecule is CCCCOC(=O)/C(CCCC)=C(\C(=O)OCCCC)[SiH](c1ccccc1)c1ccccc1. The summed E-state index contributed by atoms with van der Waals surface area (Å²) in [7, 11) is -2.27. The Balaban J connectivity index is 2.66. The molecule has 0 aliphatic rings. The average molecular weight is 467 g/mol. The minimum Gasteiger partial charge on any atom is -0.463 e. The van der Waals surface area contributed by atoms with Crippen molar-refractivity contribution < 1.29 is 19.1 Å². The van der Waals surface area contributed by atoms with E-state index in [1.54, 1.807) is 0 Å². The monoisotopic (exact) mass is 466 g/mol. The largest absolute Gasteiger partial charge is 0.463 e. The van der Waals surface area contributed by atoms with Crippen molar-refractivity contribution in [3.8, 4) is 0 Å². The molecule has 0 aliphatic carbocycles.